The highest BCUT2D eigenvalue weighted by atomic mass is 16.2. The summed E-state index contributed by atoms with van der Waals surface area (Å²) in [4.78, 5) is 17.4. The minimum Gasteiger partial charge on any atom is -0.382 e. The van der Waals surface area contributed by atoms with Crippen LogP contribution in [0, 0.1) is 0 Å². The van der Waals surface area contributed by atoms with Crippen molar-refractivity contribution >= 4 is 17.4 Å². The van der Waals surface area contributed by atoms with Crippen LogP contribution in [-0.2, 0) is 11.3 Å². The molecule has 2 rings (SSSR count). The van der Waals surface area contributed by atoms with Gasteiger partial charge in [-0.2, -0.15) is 5.10 Å². The Morgan fingerprint density at radius 1 is 1.41 bits per heavy atom. The zero-order chi connectivity index (χ0) is 12.3. The lowest BCUT2D eigenvalue weighted by atomic mass is 10.3. The van der Waals surface area contributed by atoms with Gasteiger partial charge >= 0.3 is 0 Å². The van der Waals surface area contributed by atoms with Crippen LogP contribution in [0.1, 0.15) is 0 Å². The van der Waals surface area contributed by atoms with Gasteiger partial charge in [0.1, 0.15) is 12.4 Å². The fraction of sp³-hybridized carbons (Fsp3) is 0.182. The maximum absolute atomic E-state index is 11.9. The highest BCUT2D eigenvalue weighted by molar-refractivity contribution is 5.92. The van der Waals surface area contributed by atoms with Crippen molar-refractivity contribution in [2.75, 3.05) is 17.7 Å². The van der Waals surface area contributed by atoms with Crippen molar-refractivity contribution in [3.05, 3.63) is 36.8 Å². The predicted octanol–water partition coefficient (Wildman–Crippen LogP) is 0.523. The number of nitrogens with two attached hydrogens (primary N) is 1. The van der Waals surface area contributed by atoms with Crippen molar-refractivity contribution in [2.45, 2.75) is 6.54 Å². The number of amides is 1. The van der Waals surface area contributed by atoms with Crippen molar-refractivity contribution in [1.82, 2.24) is 14.8 Å². The second-order valence-corrected chi connectivity index (χ2v) is 3.60. The average Bonchev–Trinajstić information content (AvgIpc) is 2.75. The Morgan fingerprint density at radius 2 is 2.12 bits per heavy atom. The average molecular weight is 231 g/mol. The molecule has 0 unspecified atom stereocenters. The number of nitrogen functional groups attached to an aromatic ring is 1. The Kier molecular flexibility index (Phi) is 3.04. The van der Waals surface area contributed by atoms with E-state index in [2.05, 4.69) is 10.1 Å². The van der Waals surface area contributed by atoms with Crippen LogP contribution in [0.2, 0.25) is 0 Å². The molecule has 88 valence electrons. The molecule has 0 bridgehead atoms. The molecular weight excluding hydrogens is 218 g/mol. The summed E-state index contributed by atoms with van der Waals surface area (Å²) in [5.74, 6) is 0.337. The molecule has 0 aliphatic heterocycles. The lowest BCUT2D eigenvalue weighted by Gasteiger charge is -2.16. The first kappa shape index (κ1) is 11.1. The van der Waals surface area contributed by atoms with Gasteiger partial charge in [-0.1, -0.05) is 0 Å². The molecule has 2 N–H and O–H groups in total. The third kappa shape index (κ3) is 2.60. The monoisotopic (exact) mass is 231 g/mol. The SMILES string of the molecule is CN(C(=O)Cn1ccc(N)n1)c1ccncc1. The third-order valence-corrected chi connectivity index (χ3v) is 2.38. The molecule has 17 heavy (non-hydrogen) atoms. The van der Waals surface area contributed by atoms with Gasteiger partial charge in [0.25, 0.3) is 0 Å². The summed E-state index contributed by atoms with van der Waals surface area (Å²) in [5, 5.41) is 3.96. The molecule has 0 fully saturated rings. The normalized spacial score (nSPS) is 10.2. The number of pyridine rings is 1. The van der Waals surface area contributed by atoms with Gasteiger partial charge in [-0.15, -0.1) is 0 Å². The molecule has 0 aliphatic rings. The van der Waals surface area contributed by atoms with Gasteiger partial charge in [-0.3, -0.25) is 14.5 Å². The largest absolute Gasteiger partial charge is 0.382 e. The molecule has 0 radical (unpaired) electrons. The highest BCUT2D eigenvalue weighted by Gasteiger charge is 2.11. The minimum absolute atomic E-state index is 0.0701. The van der Waals surface area contributed by atoms with Gasteiger partial charge in [0.05, 0.1) is 0 Å². The number of hydrogen-bond donors (Lipinski definition) is 1. The second-order valence-electron chi connectivity index (χ2n) is 3.60. The standard InChI is InChI=1S/C11H13N5O/c1-15(9-2-5-13-6-3-9)11(17)8-16-7-4-10(12)14-16/h2-7H,8H2,1H3,(H2,12,14). The molecule has 0 aliphatic carbocycles. The van der Waals surface area contributed by atoms with Crippen LogP contribution in [0.25, 0.3) is 0 Å². The molecular formula is C11H13N5O. The van der Waals surface area contributed by atoms with Crippen molar-refractivity contribution in [3.8, 4) is 0 Å². The zero-order valence-corrected chi connectivity index (χ0v) is 9.45. The summed E-state index contributed by atoms with van der Waals surface area (Å²) >= 11 is 0. The van der Waals surface area contributed by atoms with Crippen LogP contribution in [0.3, 0.4) is 0 Å². The van der Waals surface area contributed by atoms with Crippen LogP contribution in [0.5, 0.6) is 0 Å². The molecule has 2 aromatic rings. The number of likely N-dealkylation sites (N-methyl/N-ethyl adjacent to an activating group) is 1. The molecule has 0 spiro atoms. The van der Waals surface area contributed by atoms with E-state index in [0.717, 1.165) is 5.69 Å². The fourth-order valence-corrected chi connectivity index (χ4v) is 1.42. The maximum Gasteiger partial charge on any atom is 0.248 e. The van der Waals surface area contributed by atoms with Crippen LogP contribution in [0.15, 0.2) is 36.8 Å². The zero-order valence-electron chi connectivity index (χ0n) is 9.45. The molecule has 6 nitrogen and oxygen atoms in total. The summed E-state index contributed by atoms with van der Waals surface area (Å²) < 4.78 is 1.51. The molecule has 2 heterocycles. The summed E-state index contributed by atoms with van der Waals surface area (Å²) in [6.45, 7) is 0.163. The van der Waals surface area contributed by atoms with Crippen LogP contribution in [0.4, 0.5) is 11.5 Å². The number of aromatic nitrogens is 3. The Labute approximate surface area is 98.7 Å². The van der Waals surface area contributed by atoms with Gasteiger partial charge in [0.15, 0.2) is 0 Å². The van der Waals surface area contributed by atoms with Crippen molar-refractivity contribution in [1.29, 1.82) is 0 Å². The number of anilines is 2. The molecule has 2 aromatic heterocycles. The van der Waals surface area contributed by atoms with Crippen molar-refractivity contribution < 1.29 is 4.79 Å². The topological polar surface area (TPSA) is 77.0 Å². The minimum atomic E-state index is -0.0701. The van der Waals surface area contributed by atoms with E-state index in [1.165, 1.54) is 4.68 Å². The molecule has 1 amide bonds. The van der Waals surface area contributed by atoms with Gasteiger partial charge in [-0.05, 0) is 18.2 Å². The van der Waals surface area contributed by atoms with Gasteiger partial charge in [0, 0.05) is 31.3 Å². The predicted molar refractivity (Wildman–Crippen MR) is 64.3 cm³/mol. The number of carbonyl (C=O) groups is 1. The van der Waals surface area contributed by atoms with Gasteiger partial charge in [-0.25, -0.2) is 0 Å². The second kappa shape index (κ2) is 4.65. The first-order valence-corrected chi connectivity index (χ1v) is 5.12. The highest BCUT2D eigenvalue weighted by Crippen LogP contribution is 2.10. The number of rotatable bonds is 3. The van der Waals surface area contributed by atoms with Gasteiger partial charge in [0.2, 0.25) is 5.91 Å². The Balaban J connectivity index is 2.06. The van der Waals surface area contributed by atoms with Gasteiger partial charge < -0.3 is 10.6 Å². The number of carbonyl (C=O) groups excluding carboxylic acids is 1. The van der Waals surface area contributed by atoms with Crippen molar-refractivity contribution in [2.24, 2.45) is 0 Å². The Morgan fingerprint density at radius 3 is 2.71 bits per heavy atom. The summed E-state index contributed by atoms with van der Waals surface area (Å²) in [7, 11) is 1.71. The number of nitrogens with zero attached hydrogens (tertiary/aromatic N) is 4. The van der Waals surface area contributed by atoms with E-state index >= 15 is 0 Å². The van der Waals surface area contributed by atoms with E-state index in [-0.39, 0.29) is 12.5 Å². The lowest BCUT2D eigenvalue weighted by Crippen LogP contribution is -2.30. The smallest absolute Gasteiger partial charge is 0.248 e. The Hall–Kier alpha value is -2.37. The summed E-state index contributed by atoms with van der Waals surface area (Å²) in [6, 6.07) is 5.20. The summed E-state index contributed by atoms with van der Waals surface area (Å²) in [5.41, 5.74) is 6.27. The first-order valence-electron chi connectivity index (χ1n) is 5.12. The molecule has 0 saturated carbocycles. The quantitative estimate of drug-likeness (QED) is 0.835. The lowest BCUT2D eigenvalue weighted by molar-refractivity contribution is -0.119. The molecule has 0 saturated heterocycles. The van der Waals surface area contributed by atoms with Crippen LogP contribution < -0.4 is 10.6 Å². The van der Waals surface area contributed by atoms with E-state index in [4.69, 9.17) is 5.73 Å². The van der Waals surface area contributed by atoms with E-state index in [1.54, 1.807) is 48.7 Å². The van der Waals surface area contributed by atoms with Crippen LogP contribution >= 0.6 is 0 Å². The van der Waals surface area contributed by atoms with E-state index in [1.807, 2.05) is 0 Å². The molecule has 0 aromatic carbocycles. The number of hydrogen-bond acceptors (Lipinski definition) is 4. The van der Waals surface area contributed by atoms with Crippen molar-refractivity contribution in [3.63, 3.8) is 0 Å². The third-order valence-electron chi connectivity index (χ3n) is 2.38. The van der Waals surface area contributed by atoms with E-state index in [9.17, 15) is 4.79 Å². The first-order chi connectivity index (χ1) is 8.16. The summed E-state index contributed by atoms with van der Waals surface area (Å²) in [6.07, 6.45) is 4.96. The fourth-order valence-electron chi connectivity index (χ4n) is 1.42. The Bertz CT molecular complexity index is 508. The van der Waals surface area contributed by atoms with Crippen LogP contribution in [-0.4, -0.2) is 27.7 Å². The van der Waals surface area contributed by atoms with E-state index < -0.39 is 0 Å². The molecule has 0 atom stereocenters. The van der Waals surface area contributed by atoms with E-state index in [0.29, 0.717) is 5.82 Å². The molecule has 6 heteroatoms. The maximum atomic E-state index is 11.9.